The van der Waals surface area contributed by atoms with Crippen LogP contribution < -0.4 is 5.73 Å². The number of halogens is 3. The SMILES string of the molecule is NCCCCCCCCCCCCCCCCCCCCCCCCCCCC[Si](Cl)(Cl)Cl. The van der Waals surface area contributed by atoms with E-state index >= 15 is 0 Å². The molecule has 0 amide bonds. The van der Waals surface area contributed by atoms with Crippen molar-refractivity contribution in [1.82, 2.24) is 0 Å². The Morgan fingerprint density at radius 2 is 0.485 bits per heavy atom. The minimum Gasteiger partial charge on any atom is -0.330 e. The van der Waals surface area contributed by atoms with E-state index in [1.165, 1.54) is 161 Å². The highest BCUT2D eigenvalue weighted by atomic mass is 35.8. The molecule has 5 heteroatoms. The van der Waals surface area contributed by atoms with Gasteiger partial charge in [0.05, 0.1) is 0 Å². The summed E-state index contributed by atoms with van der Waals surface area (Å²) in [7, 11) is 0. The Hall–Kier alpha value is 1.05. The van der Waals surface area contributed by atoms with Crippen molar-refractivity contribution in [2.24, 2.45) is 5.73 Å². The van der Waals surface area contributed by atoms with E-state index in [-0.39, 0.29) is 0 Å². The summed E-state index contributed by atoms with van der Waals surface area (Å²) in [6.45, 7) is 0.867. The maximum atomic E-state index is 5.91. The van der Waals surface area contributed by atoms with E-state index in [1.807, 2.05) is 0 Å². The molecular weight excluding hydrogens is 485 g/mol. The second kappa shape index (κ2) is 27.6. The van der Waals surface area contributed by atoms with E-state index in [4.69, 9.17) is 39.0 Å². The Bertz CT molecular complexity index is 364. The van der Waals surface area contributed by atoms with Crippen LogP contribution in [0.4, 0.5) is 0 Å². The third kappa shape index (κ3) is 33.0. The Kier molecular flexibility index (Phi) is 28.5. The summed E-state index contributed by atoms with van der Waals surface area (Å²) in [6, 6.07) is -1.54. The van der Waals surface area contributed by atoms with E-state index in [9.17, 15) is 0 Å². The minimum absolute atomic E-state index is 0.828. The average molecular weight is 543 g/mol. The van der Waals surface area contributed by atoms with Crippen LogP contribution in [-0.2, 0) is 0 Å². The first kappa shape index (κ1) is 34.0. The van der Waals surface area contributed by atoms with Gasteiger partial charge < -0.3 is 5.73 Å². The van der Waals surface area contributed by atoms with E-state index in [0.29, 0.717) is 0 Å². The molecular formula is C28H58Cl3NSi. The number of hydrogen-bond acceptors (Lipinski definition) is 1. The highest BCUT2D eigenvalue weighted by Gasteiger charge is 2.23. The lowest BCUT2D eigenvalue weighted by atomic mass is 10.0. The molecule has 0 saturated heterocycles. The molecule has 1 nitrogen and oxygen atoms in total. The van der Waals surface area contributed by atoms with E-state index in [0.717, 1.165) is 19.0 Å². The Labute approximate surface area is 223 Å². The second-order valence-corrected chi connectivity index (χ2v) is 19.6. The van der Waals surface area contributed by atoms with Gasteiger partial charge in [-0.15, -0.1) is 33.2 Å². The third-order valence-corrected chi connectivity index (χ3v) is 9.54. The van der Waals surface area contributed by atoms with Gasteiger partial charge in [-0.3, -0.25) is 0 Å². The molecule has 0 fully saturated rings. The summed E-state index contributed by atoms with van der Waals surface area (Å²) < 4.78 is 0. The van der Waals surface area contributed by atoms with Gasteiger partial charge in [-0.2, -0.15) is 0 Å². The predicted molar refractivity (Wildman–Crippen MR) is 157 cm³/mol. The average Bonchev–Trinajstić information content (AvgIpc) is 2.78. The topological polar surface area (TPSA) is 26.0 Å². The van der Waals surface area contributed by atoms with E-state index in [2.05, 4.69) is 0 Å². The molecule has 0 aliphatic carbocycles. The Morgan fingerprint density at radius 1 is 0.303 bits per heavy atom. The van der Waals surface area contributed by atoms with Crippen LogP contribution in [0.25, 0.3) is 0 Å². The second-order valence-electron chi connectivity index (χ2n) is 10.3. The van der Waals surface area contributed by atoms with Crippen molar-refractivity contribution in [2.45, 2.75) is 173 Å². The zero-order chi connectivity index (χ0) is 24.3. The molecule has 0 aromatic heterocycles. The summed E-state index contributed by atoms with van der Waals surface area (Å²) in [4.78, 5) is 0. The predicted octanol–water partition coefficient (Wildman–Crippen LogP) is 11.7. The maximum absolute atomic E-state index is 5.91. The van der Waals surface area contributed by atoms with Crippen molar-refractivity contribution >= 4 is 39.2 Å². The number of rotatable bonds is 28. The molecule has 0 spiro atoms. The fourth-order valence-corrected chi connectivity index (χ4v) is 6.57. The molecule has 0 saturated carbocycles. The number of hydrogen-bond donors (Lipinski definition) is 1. The molecule has 0 radical (unpaired) electrons. The van der Waals surface area contributed by atoms with E-state index in [1.54, 1.807) is 0 Å². The lowest BCUT2D eigenvalue weighted by Crippen LogP contribution is -2.07. The molecule has 33 heavy (non-hydrogen) atoms. The summed E-state index contributed by atoms with van der Waals surface area (Å²) in [5.41, 5.74) is 5.53. The van der Waals surface area contributed by atoms with Crippen LogP contribution in [0.3, 0.4) is 0 Å². The first-order valence-corrected chi connectivity index (χ1v) is 20.1. The highest BCUT2D eigenvalue weighted by molar-refractivity contribution is 7.64. The molecule has 0 aromatic carbocycles. The van der Waals surface area contributed by atoms with Gasteiger partial charge in [0.2, 0.25) is 0 Å². The van der Waals surface area contributed by atoms with Crippen LogP contribution in [-0.4, -0.2) is 12.5 Å². The molecule has 0 heterocycles. The Morgan fingerprint density at radius 3 is 0.667 bits per heavy atom. The van der Waals surface area contributed by atoms with Crippen LogP contribution in [0.1, 0.15) is 167 Å². The van der Waals surface area contributed by atoms with Crippen molar-refractivity contribution in [3.8, 4) is 0 Å². The molecule has 0 unspecified atom stereocenters. The quantitative estimate of drug-likeness (QED) is 0.0593. The van der Waals surface area contributed by atoms with Crippen molar-refractivity contribution in [1.29, 1.82) is 0 Å². The zero-order valence-electron chi connectivity index (χ0n) is 22.0. The molecule has 0 aliphatic heterocycles. The Balaban J connectivity index is 3.03. The van der Waals surface area contributed by atoms with Crippen LogP contribution in [0.2, 0.25) is 6.04 Å². The smallest absolute Gasteiger partial charge is 0.330 e. The van der Waals surface area contributed by atoms with Gasteiger partial charge in [-0.05, 0) is 19.0 Å². The molecule has 0 bridgehead atoms. The lowest BCUT2D eigenvalue weighted by molar-refractivity contribution is 0.515. The van der Waals surface area contributed by atoms with Gasteiger partial charge >= 0.3 is 6.00 Å². The summed E-state index contributed by atoms with van der Waals surface area (Å²) >= 11 is 17.7. The zero-order valence-corrected chi connectivity index (χ0v) is 25.3. The molecule has 0 aliphatic rings. The number of unbranched alkanes of at least 4 members (excludes halogenated alkanes) is 25. The van der Waals surface area contributed by atoms with Gasteiger partial charge in [0.15, 0.2) is 0 Å². The van der Waals surface area contributed by atoms with Gasteiger partial charge in [-0.25, -0.2) is 0 Å². The molecule has 0 atom stereocenters. The summed E-state index contributed by atoms with van der Waals surface area (Å²) in [6.07, 6.45) is 36.4. The normalized spacial score (nSPS) is 12.0. The fourth-order valence-electron chi connectivity index (χ4n) is 4.71. The van der Waals surface area contributed by atoms with Gasteiger partial charge in [0, 0.05) is 0 Å². The molecule has 200 valence electrons. The van der Waals surface area contributed by atoms with Crippen molar-refractivity contribution in [2.75, 3.05) is 6.54 Å². The van der Waals surface area contributed by atoms with Crippen LogP contribution in [0, 0.1) is 0 Å². The van der Waals surface area contributed by atoms with Crippen molar-refractivity contribution in [3.63, 3.8) is 0 Å². The molecule has 0 aromatic rings. The summed E-state index contributed by atoms with van der Waals surface area (Å²) in [5.74, 6) is 0. The fraction of sp³-hybridized carbons (Fsp3) is 1.00. The van der Waals surface area contributed by atoms with Crippen molar-refractivity contribution < 1.29 is 0 Å². The monoisotopic (exact) mass is 541 g/mol. The first-order valence-electron chi connectivity index (χ1n) is 14.8. The molecule has 0 rings (SSSR count). The van der Waals surface area contributed by atoms with Gasteiger partial charge in [-0.1, -0.05) is 161 Å². The van der Waals surface area contributed by atoms with Crippen LogP contribution >= 0.6 is 33.2 Å². The maximum Gasteiger partial charge on any atom is 0.341 e. The number of nitrogens with two attached hydrogens (primary N) is 1. The van der Waals surface area contributed by atoms with E-state index < -0.39 is 6.00 Å². The lowest BCUT2D eigenvalue weighted by Gasteiger charge is -2.07. The minimum atomic E-state index is -2.36. The van der Waals surface area contributed by atoms with Gasteiger partial charge in [0.25, 0.3) is 0 Å². The standard InChI is InChI=1S/C28H58Cl3NSi/c29-33(30,31)28-26-24-22-20-18-16-14-12-10-8-6-4-2-1-3-5-7-9-11-13-15-17-19-21-23-25-27-32/h1-28,32H2. The molecule has 2 N–H and O–H groups in total. The largest absolute Gasteiger partial charge is 0.341 e. The van der Waals surface area contributed by atoms with Gasteiger partial charge in [0.1, 0.15) is 0 Å². The van der Waals surface area contributed by atoms with Crippen LogP contribution in [0.15, 0.2) is 0 Å². The van der Waals surface area contributed by atoms with Crippen molar-refractivity contribution in [3.05, 3.63) is 0 Å². The van der Waals surface area contributed by atoms with Crippen LogP contribution in [0.5, 0.6) is 0 Å². The third-order valence-electron chi connectivity index (χ3n) is 6.91. The summed E-state index contributed by atoms with van der Waals surface area (Å²) in [5, 5.41) is 0. The first-order chi connectivity index (χ1) is 16.1. The highest BCUT2D eigenvalue weighted by Crippen LogP contribution is 2.27.